The highest BCUT2D eigenvalue weighted by atomic mass is 32.2. The molecular weight excluding hydrogens is 262 g/mol. The van der Waals surface area contributed by atoms with Crippen LogP contribution >= 0.6 is 23.1 Å². The van der Waals surface area contributed by atoms with Gasteiger partial charge in [-0.25, -0.2) is 4.98 Å². The predicted molar refractivity (Wildman–Crippen MR) is 81.5 cm³/mol. The van der Waals surface area contributed by atoms with Gasteiger partial charge in [0.25, 0.3) is 0 Å². The molecule has 0 spiro atoms. The smallest absolute Gasteiger partial charge is 0.157 e. The van der Waals surface area contributed by atoms with Gasteiger partial charge in [-0.3, -0.25) is 4.99 Å². The summed E-state index contributed by atoms with van der Waals surface area (Å²) in [5.41, 5.74) is -0.0431. The third-order valence-corrected chi connectivity index (χ3v) is 5.37. The maximum absolute atomic E-state index is 4.87. The number of aliphatic imine (C=N–C) groups is 1. The molecule has 1 aliphatic rings. The van der Waals surface area contributed by atoms with Crippen molar-refractivity contribution in [2.75, 3.05) is 5.75 Å². The van der Waals surface area contributed by atoms with Crippen molar-refractivity contribution >= 4 is 28.3 Å². The molecule has 1 aliphatic heterocycles. The molecule has 5 heteroatoms. The van der Waals surface area contributed by atoms with Crippen molar-refractivity contribution < 1.29 is 0 Å². The lowest BCUT2D eigenvalue weighted by Gasteiger charge is -2.33. The highest BCUT2D eigenvalue weighted by molar-refractivity contribution is 8.13. The number of nitrogens with zero attached hydrogens (tertiary/aromatic N) is 2. The van der Waals surface area contributed by atoms with Crippen LogP contribution < -0.4 is 5.32 Å². The molecule has 18 heavy (non-hydrogen) atoms. The van der Waals surface area contributed by atoms with E-state index in [1.807, 2.05) is 23.3 Å². The van der Waals surface area contributed by atoms with E-state index in [1.54, 1.807) is 11.3 Å². The monoisotopic (exact) mass is 283 g/mol. The highest BCUT2D eigenvalue weighted by Crippen LogP contribution is 2.31. The molecule has 1 atom stereocenters. The van der Waals surface area contributed by atoms with Gasteiger partial charge in [-0.1, -0.05) is 18.7 Å². The molecular formula is C13H21N3S2. The van der Waals surface area contributed by atoms with Crippen molar-refractivity contribution in [1.29, 1.82) is 0 Å². The van der Waals surface area contributed by atoms with E-state index in [0.717, 1.165) is 28.8 Å². The Balaban J connectivity index is 2.14. The normalized spacial score (nSPS) is 24.8. The van der Waals surface area contributed by atoms with Gasteiger partial charge in [0.05, 0.1) is 11.1 Å². The fourth-order valence-corrected chi connectivity index (χ4v) is 3.94. The Morgan fingerprint density at radius 3 is 2.89 bits per heavy atom. The zero-order chi connectivity index (χ0) is 13.2. The standard InChI is InChI=1S/C13H21N3S2/c1-5-13(4)6-8-18-11(16-13)15-12(2,3)10-14-7-9-17-10/h7,9H,5-6,8H2,1-4H3,(H,15,16). The van der Waals surface area contributed by atoms with Crippen LogP contribution in [0.5, 0.6) is 0 Å². The van der Waals surface area contributed by atoms with E-state index in [-0.39, 0.29) is 11.1 Å². The number of thiazole rings is 1. The molecule has 0 aromatic carbocycles. The highest BCUT2D eigenvalue weighted by Gasteiger charge is 2.30. The van der Waals surface area contributed by atoms with Crippen molar-refractivity contribution in [2.45, 2.75) is 51.6 Å². The van der Waals surface area contributed by atoms with Gasteiger partial charge >= 0.3 is 0 Å². The summed E-state index contributed by atoms with van der Waals surface area (Å²) in [7, 11) is 0. The van der Waals surface area contributed by atoms with Crippen molar-refractivity contribution in [3.63, 3.8) is 0 Å². The Morgan fingerprint density at radius 2 is 2.28 bits per heavy atom. The average molecular weight is 283 g/mol. The van der Waals surface area contributed by atoms with Crippen LogP contribution in [0.15, 0.2) is 16.6 Å². The Kier molecular flexibility index (Phi) is 4.02. The van der Waals surface area contributed by atoms with Crippen LogP contribution in [0.3, 0.4) is 0 Å². The van der Waals surface area contributed by atoms with Gasteiger partial charge in [-0.2, -0.15) is 0 Å². The van der Waals surface area contributed by atoms with Crippen LogP contribution in [0.4, 0.5) is 0 Å². The fourth-order valence-electron chi connectivity index (χ4n) is 1.87. The molecule has 3 nitrogen and oxygen atoms in total. The van der Waals surface area contributed by atoms with E-state index in [4.69, 9.17) is 4.99 Å². The fraction of sp³-hybridized carbons (Fsp3) is 0.692. The van der Waals surface area contributed by atoms with Crippen LogP contribution in [0.2, 0.25) is 0 Å². The van der Waals surface area contributed by atoms with Crippen molar-refractivity contribution in [2.24, 2.45) is 4.99 Å². The van der Waals surface area contributed by atoms with Gasteiger partial charge in [0.2, 0.25) is 0 Å². The largest absolute Gasteiger partial charge is 0.354 e. The minimum Gasteiger partial charge on any atom is -0.354 e. The predicted octanol–water partition coefficient (Wildman–Crippen LogP) is 3.63. The molecule has 0 fully saturated rings. The lowest BCUT2D eigenvalue weighted by molar-refractivity contribution is 0.430. The van der Waals surface area contributed by atoms with E-state index in [0.29, 0.717) is 0 Å². The van der Waals surface area contributed by atoms with Crippen molar-refractivity contribution in [3.05, 3.63) is 16.6 Å². The first-order chi connectivity index (χ1) is 8.45. The van der Waals surface area contributed by atoms with E-state index < -0.39 is 0 Å². The SMILES string of the molecule is CCC1(C)CCSC(NC(C)(C)c2nccs2)=N1. The lowest BCUT2D eigenvalue weighted by Crippen LogP contribution is -2.43. The summed E-state index contributed by atoms with van der Waals surface area (Å²) in [6.45, 7) is 8.77. The van der Waals surface area contributed by atoms with Gasteiger partial charge in [-0.05, 0) is 33.6 Å². The quantitative estimate of drug-likeness (QED) is 0.920. The first-order valence-corrected chi connectivity index (χ1v) is 8.22. The van der Waals surface area contributed by atoms with Crippen LogP contribution in [0, 0.1) is 0 Å². The summed E-state index contributed by atoms with van der Waals surface area (Å²) in [5.74, 6) is 1.14. The summed E-state index contributed by atoms with van der Waals surface area (Å²) in [5, 5.41) is 7.73. The molecule has 2 heterocycles. The number of thioether (sulfide) groups is 1. The molecule has 1 aromatic heterocycles. The maximum atomic E-state index is 4.87. The molecule has 1 aromatic rings. The zero-order valence-corrected chi connectivity index (χ0v) is 13.1. The third-order valence-electron chi connectivity index (χ3n) is 3.40. The molecule has 0 amide bonds. The molecule has 0 bridgehead atoms. The molecule has 100 valence electrons. The Bertz CT molecular complexity index is 425. The summed E-state index contributed by atoms with van der Waals surface area (Å²) in [4.78, 5) is 9.27. The summed E-state index contributed by atoms with van der Waals surface area (Å²) >= 11 is 3.51. The van der Waals surface area contributed by atoms with Gasteiger partial charge in [0, 0.05) is 17.3 Å². The molecule has 2 rings (SSSR count). The van der Waals surface area contributed by atoms with E-state index >= 15 is 0 Å². The topological polar surface area (TPSA) is 37.3 Å². The van der Waals surface area contributed by atoms with Crippen LogP contribution in [0.25, 0.3) is 0 Å². The van der Waals surface area contributed by atoms with Crippen LogP contribution in [-0.2, 0) is 5.54 Å². The second kappa shape index (κ2) is 5.21. The molecule has 0 saturated heterocycles. The first-order valence-electron chi connectivity index (χ1n) is 6.36. The summed E-state index contributed by atoms with van der Waals surface area (Å²) in [6.07, 6.45) is 4.11. The molecule has 0 aliphatic carbocycles. The van der Waals surface area contributed by atoms with Crippen molar-refractivity contribution in [1.82, 2.24) is 10.3 Å². The van der Waals surface area contributed by atoms with Crippen LogP contribution in [0.1, 0.15) is 45.5 Å². The second-order valence-corrected chi connectivity index (χ2v) is 7.43. The number of amidine groups is 1. The number of hydrogen-bond donors (Lipinski definition) is 1. The first kappa shape index (κ1) is 13.9. The Morgan fingerprint density at radius 1 is 1.50 bits per heavy atom. The third kappa shape index (κ3) is 3.06. The number of aromatic nitrogens is 1. The maximum Gasteiger partial charge on any atom is 0.157 e. The second-order valence-electron chi connectivity index (χ2n) is 5.45. The van der Waals surface area contributed by atoms with E-state index in [2.05, 4.69) is 38.0 Å². The Hall–Kier alpha value is -0.550. The summed E-state index contributed by atoms with van der Waals surface area (Å²) in [6, 6.07) is 0. The van der Waals surface area contributed by atoms with E-state index in [9.17, 15) is 0 Å². The van der Waals surface area contributed by atoms with Gasteiger partial charge in [0.15, 0.2) is 5.17 Å². The van der Waals surface area contributed by atoms with Gasteiger partial charge < -0.3 is 5.32 Å². The molecule has 1 unspecified atom stereocenters. The van der Waals surface area contributed by atoms with E-state index in [1.165, 1.54) is 0 Å². The Labute approximate surface area is 118 Å². The zero-order valence-electron chi connectivity index (χ0n) is 11.5. The van der Waals surface area contributed by atoms with Gasteiger partial charge in [-0.15, -0.1) is 11.3 Å². The number of rotatable bonds is 3. The van der Waals surface area contributed by atoms with Crippen LogP contribution in [-0.4, -0.2) is 21.4 Å². The number of nitrogens with one attached hydrogen (secondary N) is 1. The van der Waals surface area contributed by atoms with Crippen molar-refractivity contribution in [3.8, 4) is 0 Å². The molecule has 0 radical (unpaired) electrons. The minimum atomic E-state index is -0.147. The van der Waals surface area contributed by atoms with Gasteiger partial charge in [0.1, 0.15) is 5.01 Å². The average Bonchev–Trinajstić information content (AvgIpc) is 2.82. The molecule has 1 N–H and O–H groups in total. The lowest BCUT2D eigenvalue weighted by atomic mass is 9.96. The minimum absolute atomic E-state index is 0.104. The number of hydrogen-bond acceptors (Lipinski definition) is 5. The molecule has 0 saturated carbocycles. The summed E-state index contributed by atoms with van der Waals surface area (Å²) < 4.78 is 0.